The Morgan fingerprint density at radius 3 is 2.00 bits per heavy atom. The zero-order chi connectivity index (χ0) is 17.1. The maximum absolute atomic E-state index is 9.43. The molecule has 4 aromatic carbocycles. The van der Waals surface area contributed by atoms with Gasteiger partial charge >= 0.3 is 0 Å². The zero-order valence-corrected chi connectivity index (χ0v) is 13.5. The third kappa shape index (κ3) is 3.19. The standard InChI is InChI=1S/C22H15N3/c23-15-22(24-20-11-9-16-5-1-3-7-18(16)13-20)25-21-12-10-17-6-2-4-8-19(17)14-21/h1-14H,(H,24,25). The van der Waals surface area contributed by atoms with Crippen molar-refractivity contribution in [2.24, 2.45) is 4.99 Å². The number of hydrogen-bond donors (Lipinski definition) is 1. The molecule has 3 heteroatoms. The first-order valence-corrected chi connectivity index (χ1v) is 8.05. The summed E-state index contributed by atoms with van der Waals surface area (Å²) in [7, 11) is 0. The van der Waals surface area contributed by atoms with Crippen molar-refractivity contribution in [3.63, 3.8) is 0 Å². The number of nitrogens with zero attached hydrogens (tertiary/aromatic N) is 2. The van der Waals surface area contributed by atoms with Crippen LogP contribution in [0, 0.1) is 11.3 Å². The van der Waals surface area contributed by atoms with Crippen LogP contribution in [0.1, 0.15) is 0 Å². The lowest BCUT2D eigenvalue weighted by molar-refractivity contribution is 1.48. The third-order valence-corrected chi connectivity index (χ3v) is 4.09. The Morgan fingerprint density at radius 2 is 1.32 bits per heavy atom. The lowest BCUT2D eigenvalue weighted by atomic mass is 10.1. The van der Waals surface area contributed by atoms with Crippen LogP contribution in [0.5, 0.6) is 0 Å². The van der Waals surface area contributed by atoms with E-state index in [2.05, 4.69) is 28.5 Å². The number of nitrogens with one attached hydrogen (secondary N) is 1. The summed E-state index contributed by atoms with van der Waals surface area (Å²) >= 11 is 0. The van der Waals surface area contributed by atoms with Gasteiger partial charge in [-0.1, -0.05) is 60.7 Å². The molecule has 0 aromatic heterocycles. The molecule has 4 aromatic rings. The molecule has 0 amide bonds. The van der Waals surface area contributed by atoms with E-state index < -0.39 is 0 Å². The van der Waals surface area contributed by atoms with Gasteiger partial charge in [-0.05, 0) is 45.8 Å². The van der Waals surface area contributed by atoms with E-state index in [-0.39, 0.29) is 5.84 Å². The molecule has 0 saturated carbocycles. The zero-order valence-electron chi connectivity index (χ0n) is 13.5. The van der Waals surface area contributed by atoms with Crippen molar-refractivity contribution in [3.8, 4) is 6.07 Å². The Bertz CT molecular complexity index is 1140. The minimum atomic E-state index is 0.269. The molecule has 0 atom stereocenters. The van der Waals surface area contributed by atoms with Crippen LogP contribution in [0.25, 0.3) is 21.5 Å². The summed E-state index contributed by atoms with van der Waals surface area (Å²) in [4.78, 5) is 4.45. The molecule has 0 radical (unpaired) electrons. The fourth-order valence-electron chi connectivity index (χ4n) is 2.86. The summed E-state index contributed by atoms with van der Waals surface area (Å²) in [5.41, 5.74) is 1.60. The molecule has 0 bridgehead atoms. The summed E-state index contributed by atoms with van der Waals surface area (Å²) in [6.07, 6.45) is 0. The van der Waals surface area contributed by atoms with Crippen LogP contribution >= 0.6 is 0 Å². The normalized spacial score (nSPS) is 11.4. The van der Waals surface area contributed by atoms with Gasteiger partial charge in [0.2, 0.25) is 5.84 Å². The van der Waals surface area contributed by atoms with E-state index in [4.69, 9.17) is 0 Å². The lowest BCUT2D eigenvalue weighted by Crippen LogP contribution is -2.08. The molecule has 0 unspecified atom stereocenters. The highest BCUT2D eigenvalue weighted by Crippen LogP contribution is 2.22. The van der Waals surface area contributed by atoms with Crippen molar-refractivity contribution in [2.75, 3.05) is 5.32 Å². The summed E-state index contributed by atoms with van der Waals surface area (Å²) < 4.78 is 0. The number of anilines is 1. The van der Waals surface area contributed by atoms with Gasteiger partial charge in [0.05, 0.1) is 5.69 Å². The Hall–Kier alpha value is -3.64. The second-order valence-electron chi connectivity index (χ2n) is 5.79. The van der Waals surface area contributed by atoms with E-state index in [1.165, 1.54) is 0 Å². The molecule has 0 fully saturated rings. The lowest BCUT2D eigenvalue weighted by Gasteiger charge is -2.06. The van der Waals surface area contributed by atoms with Crippen molar-refractivity contribution in [1.29, 1.82) is 5.26 Å². The van der Waals surface area contributed by atoms with Gasteiger partial charge in [0, 0.05) is 5.69 Å². The van der Waals surface area contributed by atoms with Crippen molar-refractivity contribution >= 4 is 38.8 Å². The maximum atomic E-state index is 9.43. The Balaban J connectivity index is 1.66. The predicted octanol–water partition coefficient (Wildman–Crippen LogP) is 5.66. The summed E-state index contributed by atoms with van der Waals surface area (Å²) in [6, 6.07) is 30.3. The maximum Gasteiger partial charge on any atom is 0.211 e. The molecule has 3 nitrogen and oxygen atoms in total. The van der Waals surface area contributed by atoms with Gasteiger partial charge < -0.3 is 5.32 Å². The summed E-state index contributed by atoms with van der Waals surface area (Å²) in [5.74, 6) is 0.269. The first-order chi connectivity index (χ1) is 12.3. The molecule has 25 heavy (non-hydrogen) atoms. The molecule has 0 aliphatic heterocycles. The van der Waals surface area contributed by atoms with Crippen LogP contribution in [0.4, 0.5) is 11.4 Å². The van der Waals surface area contributed by atoms with Crippen molar-refractivity contribution in [1.82, 2.24) is 0 Å². The molecule has 4 rings (SSSR count). The molecular weight excluding hydrogens is 306 g/mol. The van der Waals surface area contributed by atoms with Gasteiger partial charge in [-0.3, -0.25) is 0 Å². The number of hydrogen-bond acceptors (Lipinski definition) is 2. The minimum Gasteiger partial charge on any atom is -0.331 e. The molecule has 0 aliphatic carbocycles. The summed E-state index contributed by atoms with van der Waals surface area (Å²) in [6.45, 7) is 0. The van der Waals surface area contributed by atoms with Crippen LogP contribution < -0.4 is 5.32 Å². The van der Waals surface area contributed by atoms with Gasteiger partial charge in [-0.25, -0.2) is 4.99 Å². The number of amidine groups is 1. The Morgan fingerprint density at radius 1 is 0.720 bits per heavy atom. The molecular formula is C22H15N3. The predicted molar refractivity (Wildman–Crippen MR) is 104 cm³/mol. The number of fused-ring (bicyclic) bond motifs is 2. The van der Waals surface area contributed by atoms with Crippen molar-refractivity contribution in [3.05, 3.63) is 84.9 Å². The second kappa shape index (κ2) is 6.46. The van der Waals surface area contributed by atoms with E-state index in [0.717, 1.165) is 32.9 Å². The van der Waals surface area contributed by atoms with Crippen LogP contribution in [-0.4, -0.2) is 5.84 Å². The van der Waals surface area contributed by atoms with Gasteiger partial charge in [0.25, 0.3) is 0 Å². The van der Waals surface area contributed by atoms with Gasteiger partial charge in [0.15, 0.2) is 0 Å². The van der Waals surface area contributed by atoms with E-state index in [1.807, 2.05) is 72.8 Å². The first kappa shape index (κ1) is 14.9. The van der Waals surface area contributed by atoms with Gasteiger partial charge in [-0.2, -0.15) is 5.26 Å². The highest BCUT2D eigenvalue weighted by Gasteiger charge is 2.02. The monoisotopic (exact) mass is 321 g/mol. The van der Waals surface area contributed by atoms with E-state index >= 15 is 0 Å². The third-order valence-electron chi connectivity index (χ3n) is 4.09. The molecule has 0 saturated heterocycles. The SMILES string of the molecule is N#CC(=Nc1ccc2ccccc2c1)Nc1ccc2ccccc2c1. The molecule has 118 valence electrons. The van der Waals surface area contributed by atoms with Crippen LogP contribution in [-0.2, 0) is 0 Å². The van der Waals surface area contributed by atoms with Crippen LogP contribution in [0.15, 0.2) is 89.9 Å². The van der Waals surface area contributed by atoms with Crippen LogP contribution in [0.3, 0.4) is 0 Å². The van der Waals surface area contributed by atoms with E-state index in [0.29, 0.717) is 0 Å². The molecule has 1 N–H and O–H groups in total. The highest BCUT2D eigenvalue weighted by atomic mass is 15.0. The average Bonchev–Trinajstić information content (AvgIpc) is 2.67. The Labute approximate surface area is 145 Å². The second-order valence-corrected chi connectivity index (χ2v) is 5.79. The first-order valence-electron chi connectivity index (χ1n) is 8.05. The quantitative estimate of drug-likeness (QED) is 0.382. The topological polar surface area (TPSA) is 48.2 Å². The van der Waals surface area contributed by atoms with Gasteiger partial charge in [-0.15, -0.1) is 0 Å². The molecule has 0 heterocycles. The van der Waals surface area contributed by atoms with Crippen LogP contribution in [0.2, 0.25) is 0 Å². The fourth-order valence-corrected chi connectivity index (χ4v) is 2.86. The minimum absolute atomic E-state index is 0.269. The van der Waals surface area contributed by atoms with E-state index in [9.17, 15) is 5.26 Å². The summed E-state index contributed by atoms with van der Waals surface area (Å²) in [5, 5.41) is 17.1. The largest absolute Gasteiger partial charge is 0.331 e. The molecule has 0 spiro atoms. The van der Waals surface area contributed by atoms with Crippen molar-refractivity contribution < 1.29 is 0 Å². The smallest absolute Gasteiger partial charge is 0.211 e. The van der Waals surface area contributed by atoms with Crippen molar-refractivity contribution in [2.45, 2.75) is 0 Å². The number of aliphatic imine (C=N–C) groups is 1. The molecule has 0 aliphatic rings. The highest BCUT2D eigenvalue weighted by molar-refractivity contribution is 6.09. The fraction of sp³-hybridized carbons (Fsp3) is 0. The average molecular weight is 321 g/mol. The van der Waals surface area contributed by atoms with E-state index in [1.54, 1.807) is 0 Å². The number of rotatable bonds is 2. The Kier molecular flexibility index (Phi) is 3.86. The van der Waals surface area contributed by atoms with Gasteiger partial charge in [0.1, 0.15) is 6.07 Å². The number of nitriles is 1. The number of benzene rings is 4.